The van der Waals surface area contributed by atoms with Crippen LogP contribution in [0, 0.1) is 6.92 Å². The van der Waals surface area contributed by atoms with Crippen molar-refractivity contribution in [2.24, 2.45) is 0 Å². The van der Waals surface area contributed by atoms with Crippen molar-refractivity contribution in [2.75, 3.05) is 18.5 Å². The Morgan fingerprint density at radius 1 is 1.13 bits per heavy atom. The van der Waals surface area contributed by atoms with Crippen molar-refractivity contribution in [1.82, 2.24) is 4.90 Å². The van der Waals surface area contributed by atoms with Crippen LogP contribution in [0.3, 0.4) is 0 Å². The molecule has 2 aromatic rings. The van der Waals surface area contributed by atoms with Crippen LogP contribution in [0.1, 0.15) is 11.1 Å². The Labute approximate surface area is 176 Å². The fourth-order valence-electron chi connectivity index (χ4n) is 2.69. The lowest BCUT2D eigenvalue weighted by Gasteiger charge is -2.13. The second-order valence-corrected chi connectivity index (χ2v) is 7.34. The Balaban J connectivity index is 1.73. The summed E-state index contributed by atoms with van der Waals surface area (Å²) in [5.41, 5.74) is 1.92. The molecule has 8 nitrogen and oxygen atoms in total. The zero-order valence-corrected chi connectivity index (χ0v) is 16.8. The summed E-state index contributed by atoms with van der Waals surface area (Å²) in [6.07, 6.45) is 1.45. The number of rotatable bonds is 7. The summed E-state index contributed by atoms with van der Waals surface area (Å²) < 4.78 is 5.21. The van der Waals surface area contributed by atoms with E-state index >= 15 is 0 Å². The van der Waals surface area contributed by atoms with Gasteiger partial charge in [0.2, 0.25) is 5.91 Å². The molecule has 1 aliphatic heterocycles. The molecule has 2 aromatic carbocycles. The van der Waals surface area contributed by atoms with Gasteiger partial charge in [0.25, 0.3) is 11.1 Å². The molecule has 0 aromatic heterocycles. The van der Waals surface area contributed by atoms with Crippen molar-refractivity contribution in [3.05, 3.63) is 64.6 Å². The van der Waals surface area contributed by atoms with Crippen LogP contribution in [-0.4, -0.2) is 46.2 Å². The monoisotopic (exact) mass is 426 g/mol. The van der Waals surface area contributed by atoms with Crippen molar-refractivity contribution in [3.8, 4) is 5.75 Å². The molecule has 1 heterocycles. The molecule has 1 fully saturated rings. The molecule has 154 valence electrons. The first kappa shape index (κ1) is 21.1. The molecule has 0 unspecified atom stereocenters. The van der Waals surface area contributed by atoms with Crippen molar-refractivity contribution < 1.29 is 29.0 Å². The molecule has 0 saturated carbocycles. The third kappa shape index (κ3) is 5.06. The molecule has 1 aliphatic rings. The Hall–Kier alpha value is -3.59. The van der Waals surface area contributed by atoms with Crippen molar-refractivity contribution in [3.63, 3.8) is 0 Å². The van der Waals surface area contributed by atoms with Crippen LogP contribution in [0.15, 0.2) is 53.4 Å². The highest BCUT2D eigenvalue weighted by molar-refractivity contribution is 8.18. The van der Waals surface area contributed by atoms with Gasteiger partial charge in [0.05, 0.1) is 4.91 Å². The van der Waals surface area contributed by atoms with Gasteiger partial charge in [0, 0.05) is 11.3 Å². The van der Waals surface area contributed by atoms with E-state index in [0.29, 0.717) is 23.0 Å². The maximum Gasteiger partial charge on any atom is 0.341 e. The van der Waals surface area contributed by atoms with Gasteiger partial charge in [-0.05, 0) is 42.5 Å². The zero-order chi connectivity index (χ0) is 21.7. The molecule has 9 heteroatoms. The SMILES string of the molecule is Cc1ccccc1NC(=O)CN1C(=O)S/C(=C/c2ccccc2OCC(=O)O)C1=O. The molecule has 3 rings (SSSR count). The summed E-state index contributed by atoms with van der Waals surface area (Å²) in [5.74, 6) is -1.95. The van der Waals surface area contributed by atoms with Crippen LogP contribution in [0.5, 0.6) is 5.75 Å². The predicted octanol–water partition coefficient (Wildman–Crippen LogP) is 3.13. The average Bonchev–Trinajstić information content (AvgIpc) is 2.96. The lowest BCUT2D eigenvalue weighted by atomic mass is 10.2. The molecule has 2 N–H and O–H groups in total. The molecule has 30 heavy (non-hydrogen) atoms. The fraction of sp³-hybridized carbons (Fsp3) is 0.143. The first-order valence-electron chi connectivity index (χ1n) is 8.89. The van der Waals surface area contributed by atoms with Crippen LogP contribution in [0.2, 0.25) is 0 Å². The first-order chi connectivity index (χ1) is 14.3. The number of carboxylic acid groups (broad SMARTS) is 1. The maximum absolute atomic E-state index is 12.7. The number of nitrogens with one attached hydrogen (secondary N) is 1. The van der Waals surface area contributed by atoms with Gasteiger partial charge in [-0.15, -0.1) is 0 Å². The summed E-state index contributed by atoms with van der Waals surface area (Å²) >= 11 is 0.708. The van der Waals surface area contributed by atoms with E-state index in [1.54, 1.807) is 36.4 Å². The van der Waals surface area contributed by atoms with Crippen LogP contribution in [-0.2, 0) is 14.4 Å². The standard InChI is InChI=1S/C21H18N2O6S/c1-13-6-2-4-8-15(13)22-18(24)11-23-20(27)17(30-21(23)28)10-14-7-3-5-9-16(14)29-12-19(25)26/h2-10H,11-12H2,1H3,(H,22,24)(H,25,26)/b17-10+. The number of amides is 3. The molecule has 1 saturated heterocycles. The number of benzene rings is 2. The van der Waals surface area contributed by atoms with E-state index in [-0.39, 0.29) is 10.7 Å². The summed E-state index contributed by atoms with van der Waals surface area (Å²) in [7, 11) is 0. The van der Waals surface area contributed by atoms with Gasteiger partial charge in [-0.1, -0.05) is 36.4 Å². The number of carboxylic acids is 1. The minimum Gasteiger partial charge on any atom is -0.481 e. The quantitative estimate of drug-likeness (QED) is 0.654. The summed E-state index contributed by atoms with van der Waals surface area (Å²) in [6.45, 7) is 0.890. The van der Waals surface area contributed by atoms with Gasteiger partial charge in [-0.2, -0.15) is 0 Å². The number of hydrogen-bond acceptors (Lipinski definition) is 6. The highest BCUT2D eigenvalue weighted by atomic mass is 32.2. The molecular formula is C21H18N2O6S. The second kappa shape index (κ2) is 9.27. The largest absolute Gasteiger partial charge is 0.481 e. The molecule has 0 spiro atoms. The molecule has 0 aliphatic carbocycles. The van der Waals surface area contributed by atoms with Crippen LogP contribution >= 0.6 is 11.8 Å². The van der Waals surface area contributed by atoms with Crippen molar-refractivity contribution in [2.45, 2.75) is 6.92 Å². The Bertz CT molecular complexity index is 1050. The average molecular weight is 426 g/mol. The van der Waals surface area contributed by atoms with Gasteiger partial charge < -0.3 is 15.2 Å². The normalized spacial score (nSPS) is 14.8. The number of anilines is 1. The number of carbonyl (C=O) groups excluding carboxylic acids is 3. The van der Waals surface area contributed by atoms with E-state index < -0.39 is 36.2 Å². The number of carbonyl (C=O) groups is 4. The fourth-order valence-corrected chi connectivity index (χ4v) is 3.52. The Morgan fingerprint density at radius 2 is 1.83 bits per heavy atom. The second-order valence-electron chi connectivity index (χ2n) is 6.35. The smallest absolute Gasteiger partial charge is 0.341 e. The predicted molar refractivity (Wildman–Crippen MR) is 112 cm³/mol. The van der Waals surface area contributed by atoms with Crippen LogP contribution < -0.4 is 10.1 Å². The summed E-state index contributed by atoms with van der Waals surface area (Å²) in [4.78, 5) is 49.0. The number of nitrogens with zero attached hydrogens (tertiary/aromatic N) is 1. The number of hydrogen-bond donors (Lipinski definition) is 2. The van der Waals surface area contributed by atoms with E-state index in [4.69, 9.17) is 9.84 Å². The van der Waals surface area contributed by atoms with E-state index in [1.165, 1.54) is 6.08 Å². The number of aliphatic carboxylic acids is 1. The first-order valence-corrected chi connectivity index (χ1v) is 9.71. The number of ether oxygens (including phenoxy) is 1. The van der Waals surface area contributed by atoms with Gasteiger partial charge in [-0.25, -0.2) is 4.79 Å². The van der Waals surface area contributed by atoms with E-state index in [2.05, 4.69) is 5.32 Å². The minimum atomic E-state index is -1.13. The van der Waals surface area contributed by atoms with E-state index in [0.717, 1.165) is 10.5 Å². The molecule has 0 radical (unpaired) electrons. The number of thioether (sulfide) groups is 1. The maximum atomic E-state index is 12.7. The number of imide groups is 1. The lowest BCUT2D eigenvalue weighted by Crippen LogP contribution is -2.36. The highest BCUT2D eigenvalue weighted by Gasteiger charge is 2.36. The van der Waals surface area contributed by atoms with Gasteiger partial charge in [0.15, 0.2) is 6.61 Å². The Kier molecular flexibility index (Phi) is 6.53. The molecule has 3 amide bonds. The van der Waals surface area contributed by atoms with Gasteiger partial charge in [0.1, 0.15) is 12.3 Å². The third-order valence-corrected chi connectivity index (χ3v) is 5.06. The van der Waals surface area contributed by atoms with Gasteiger partial charge >= 0.3 is 5.97 Å². The third-order valence-electron chi connectivity index (χ3n) is 4.15. The highest BCUT2D eigenvalue weighted by Crippen LogP contribution is 2.34. The van der Waals surface area contributed by atoms with Crippen molar-refractivity contribution >= 4 is 46.5 Å². The molecular weight excluding hydrogens is 408 g/mol. The van der Waals surface area contributed by atoms with E-state index in [9.17, 15) is 19.2 Å². The zero-order valence-electron chi connectivity index (χ0n) is 16.0. The summed E-state index contributed by atoms with van der Waals surface area (Å²) in [5, 5.41) is 10.9. The number of para-hydroxylation sites is 2. The van der Waals surface area contributed by atoms with Crippen LogP contribution in [0.25, 0.3) is 6.08 Å². The topological polar surface area (TPSA) is 113 Å². The summed E-state index contributed by atoms with van der Waals surface area (Å²) in [6, 6.07) is 13.7. The van der Waals surface area contributed by atoms with E-state index in [1.807, 2.05) is 19.1 Å². The lowest BCUT2D eigenvalue weighted by molar-refractivity contribution is -0.139. The van der Waals surface area contributed by atoms with Crippen LogP contribution in [0.4, 0.5) is 10.5 Å². The minimum absolute atomic E-state index is 0.120. The number of aryl methyl sites for hydroxylation is 1. The van der Waals surface area contributed by atoms with Crippen molar-refractivity contribution in [1.29, 1.82) is 0 Å². The molecule has 0 atom stereocenters. The Morgan fingerprint density at radius 3 is 2.57 bits per heavy atom. The van der Waals surface area contributed by atoms with Gasteiger partial charge in [-0.3, -0.25) is 19.3 Å². The molecule has 0 bridgehead atoms.